The number of carbonyl (C=O) groups is 2. The first-order valence-corrected chi connectivity index (χ1v) is 12.6. The van der Waals surface area contributed by atoms with Crippen LogP contribution in [0.5, 0.6) is 5.75 Å². The lowest BCUT2D eigenvalue weighted by atomic mass is 9.98. The van der Waals surface area contributed by atoms with E-state index in [9.17, 15) is 14.7 Å². The number of carbonyl (C=O) groups excluding carboxylic acids is 2. The highest BCUT2D eigenvalue weighted by atomic mass is 16.6. The molecule has 196 valence electrons. The number of benzene rings is 2. The summed E-state index contributed by atoms with van der Waals surface area (Å²) in [7, 11) is 3.64. The van der Waals surface area contributed by atoms with E-state index in [2.05, 4.69) is 17.1 Å². The van der Waals surface area contributed by atoms with E-state index in [-0.39, 0.29) is 41.9 Å². The third-order valence-corrected chi connectivity index (χ3v) is 6.94. The number of phenols is 1. The first kappa shape index (κ1) is 27.6. The molecule has 1 aliphatic heterocycles. The maximum atomic E-state index is 13.8. The van der Waals surface area contributed by atoms with E-state index in [4.69, 9.17) is 10.5 Å². The second-order valence-electron chi connectivity index (χ2n) is 9.97. The van der Waals surface area contributed by atoms with Crippen molar-refractivity contribution in [2.75, 3.05) is 20.6 Å². The number of aromatic hydroxyl groups is 1. The Kier molecular flexibility index (Phi) is 9.48. The van der Waals surface area contributed by atoms with Crippen molar-refractivity contribution < 1.29 is 19.4 Å². The zero-order chi connectivity index (χ0) is 26.4. The summed E-state index contributed by atoms with van der Waals surface area (Å²) in [6.07, 6.45) is 0.643. The van der Waals surface area contributed by atoms with Crippen LogP contribution in [0.25, 0.3) is 0 Å². The van der Waals surface area contributed by atoms with Crippen LogP contribution in [0.2, 0.25) is 0 Å². The van der Waals surface area contributed by atoms with Crippen LogP contribution >= 0.6 is 0 Å². The molecule has 1 aliphatic rings. The lowest BCUT2D eigenvalue weighted by molar-refractivity contribution is -0.141. The van der Waals surface area contributed by atoms with Crippen LogP contribution in [0.4, 0.5) is 0 Å². The van der Waals surface area contributed by atoms with Crippen molar-refractivity contribution in [2.24, 2.45) is 11.7 Å². The summed E-state index contributed by atoms with van der Waals surface area (Å²) in [5.41, 5.74) is 8.09. The Balaban J connectivity index is 1.84. The quantitative estimate of drug-likeness (QED) is 0.388. The predicted molar refractivity (Wildman–Crippen MR) is 140 cm³/mol. The van der Waals surface area contributed by atoms with Crippen molar-refractivity contribution in [3.05, 3.63) is 65.7 Å². The number of ether oxygens (including phenoxy) is 1. The van der Waals surface area contributed by atoms with E-state index in [1.54, 1.807) is 19.2 Å². The monoisotopic (exact) mass is 496 g/mol. The van der Waals surface area contributed by atoms with Gasteiger partial charge in [-0.15, -0.1) is 0 Å². The molecule has 36 heavy (non-hydrogen) atoms. The summed E-state index contributed by atoms with van der Waals surface area (Å²) >= 11 is 0. The SMILES string of the molecule is CCN(C)C1OC1[C@H](Cc1ccc(O)cc1)NC(=O)C(Cc1ccccc1)N(C)C(=O)[C@@H](N)C(C)C. The Morgan fingerprint density at radius 1 is 1.03 bits per heavy atom. The molecule has 0 spiro atoms. The maximum absolute atomic E-state index is 13.8. The average molecular weight is 497 g/mol. The van der Waals surface area contributed by atoms with Crippen LogP contribution < -0.4 is 11.1 Å². The fraction of sp³-hybridized carbons (Fsp3) is 0.500. The van der Waals surface area contributed by atoms with Gasteiger partial charge in [0.1, 0.15) is 24.1 Å². The first-order valence-electron chi connectivity index (χ1n) is 12.6. The molecule has 8 nitrogen and oxygen atoms in total. The summed E-state index contributed by atoms with van der Waals surface area (Å²) < 4.78 is 5.97. The predicted octanol–water partition coefficient (Wildman–Crippen LogP) is 2.15. The second kappa shape index (κ2) is 12.3. The number of phenolic OH excluding ortho intramolecular Hbond substituents is 1. The highest BCUT2D eigenvalue weighted by Crippen LogP contribution is 2.30. The Labute approximate surface area is 214 Å². The van der Waals surface area contributed by atoms with Gasteiger partial charge in [-0.2, -0.15) is 0 Å². The number of hydrogen-bond donors (Lipinski definition) is 3. The van der Waals surface area contributed by atoms with Crippen molar-refractivity contribution in [2.45, 2.75) is 64.1 Å². The number of amides is 2. The zero-order valence-corrected chi connectivity index (χ0v) is 21.9. The van der Waals surface area contributed by atoms with E-state index in [0.717, 1.165) is 17.7 Å². The van der Waals surface area contributed by atoms with Gasteiger partial charge in [0.15, 0.2) is 0 Å². The first-order chi connectivity index (χ1) is 17.1. The molecule has 0 aromatic heterocycles. The van der Waals surface area contributed by atoms with E-state index in [1.807, 2.05) is 63.4 Å². The van der Waals surface area contributed by atoms with E-state index in [1.165, 1.54) is 4.90 Å². The maximum Gasteiger partial charge on any atom is 0.243 e. The molecular weight excluding hydrogens is 456 g/mol. The van der Waals surface area contributed by atoms with E-state index in [0.29, 0.717) is 12.8 Å². The van der Waals surface area contributed by atoms with E-state index >= 15 is 0 Å². The average Bonchev–Trinajstić information content (AvgIpc) is 3.68. The zero-order valence-electron chi connectivity index (χ0n) is 21.9. The van der Waals surface area contributed by atoms with Crippen LogP contribution in [0.15, 0.2) is 54.6 Å². The van der Waals surface area contributed by atoms with Gasteiger partial charge in [-0.05, 0) is 49.2 Å². The van der Waals surface area contributed by atoms with Crippen LogP contribution in [-0.4, -0.2) is 77.8 Å². The molecule has 3 rings (SSSR count). The number of nitrogens with one attached hydrogen (secondary N) is 1. The number of hydrogen-bond acceptors (Lipinski definition) is 6. The minimum Gasteiger partial charge on any atom is -0.508 e. The molecule has 2 amide bonds. The smallest absolute Gasteiger partial charge is 0.243 e. The molecular formula is C28H40N4O4. The van der Waals surface area contributed by atoms with Crippen LogP contribution in [0, 0.1) is 5.92 Å². The molecule has 1 heterocycles. The molecule has 0 aliphatic carbocycles. The summed E-state index contributed by atoms with van der Waals surface area (Å²) in [5, 5.41) is 12.9. The van der Waals surface area contributed by atoms with Gasteiger partial charge in [-0.3, -0.25) is 14.5 Å². The van der Waals surface area contributed by atoms with Crippen molar-refractivity contribution >= 4 is 11.8 Å². The number of likely N-dealkylation sites (N-methyl/N-ethyl adjacent to an activating group) is 2. The van der Waals surface area contributed by atoms with E-state index < -0.39 is 12.1 Å². The van der Waals surface area contributed by atoms with Gasteiger partial charge < -0.3 is 25.8 Å². The topological polar surface area (TPSA) is 111 Å². The van der Waals surface area contributed by atoms with Crippen molar-refractivity contribution in [3.63, 3.8) is 0 Å². The van der Waals surface area contributed by atoms with Crippen LogP contribution in [0.1, 0.15) is 31.9 Å². The Hall–Kier alpha value is -2.94. The largest absolute Gasteiger partial charge is 0.508 e. The lowest BCUT2D eigenvalue weighted by Gasteiger charge is -2.32. The third kappa shape index (κ3) is 7.06. The van der Waals surface area contributed by atoms with Gasteiger partial charge >= 0.3 is 0 Å². The number of epoxide rings is 1. The molecule has 8 heteroatoms. The number of rotatable bonds is 12. The lowest BCUT2D eigenvalue weighted by Crippen LogP contribution is -2.56. The summed E-state index contributed by atoms with van der Waals surface area (Å²) in [6.45, 7) is 6.67. The van der Waals surface area contributed by atoms with Crippen molar-refractivity contribution in [1.29, 1.82) is 0 Å². The molecule has 5 atom stereocenters. The summed E-state index contributed by atoms with van der Waals surface area (Å²) in [4.78, 5) is 30.5. The molecule has 0 radical (unpaired) electrons. The van der Waals surface area contributed by atoms with Gasteiger partial charge in [-0.1, -0.05) is 63.2 Å². The molecule has 1 fully saturated rings. The standard InChI is InChI=1S/C28H40N4O4/c1-6-31(4)28-25(36-28)22(16-20-12-14-21(33)15-13-20)30-26(34)23(17-19-10-8-7-9-11-19)32(5)27(35)24(29)18(2)3/h7-15,18,22-25,28,33H,6,16-17,29H2,1-5H3,(H,30,34)/t22-,23?,24-,25?,28?/m0/s1. The molecule has 2 aromatic carbocycles. The Morgan fingerprint density at radius 2 is 1.64 bits per heavy atom. The fourth-order valence-electron chi connectivity index (χ4n) is 4.27. The Bertz CT molecular complexity index is 998. The van der Waals surface area contributed by atoms with Crippen molar-refractivity contribution in [1.82, 2.24) is 15.1 Å². The van der Waals surface area contributed by atoms with Crippen molar-refractivity contribution in [3.8, 4) is 5.75 Å². The van der Waals surface area contributed by atoms with Crippen LogP contribution in [-0.2, 0) is 27.2 Å². The normalized spacial score (nSPS) is 19.6. The molecule has 3 unspecified atom stereocenters. The molecule has 1 saturated heterocycles. The van der Waals surface area contributed by atoms with Gasteiger partial charge in [0.2, 0.25) is 11.8 Å². The number of nitrogens with two attached hydrogens (primary N) is 1. The summed E-state index contributed by atoms with van der Waals surface area (Å²) in [5.74, 6) is -0.367. The molecule has 0 bridgehead atoms. The Morgan fingerprint density at radius 3 is 2.22 bits per heavy atom. The minimum atomic E-state index is -0.729. The summed E-state index contributed by atoms with van der Waals surface area (Å²) in [6, 6.07) is 14.9. The van der Waals surface area contributed by atoms with Gasteiger partial charge in [0.05, 0.1) is 12.1 Å². The molecule has 0 saturated carbocycles. The highest BCUT2D eigenvalue weighted by Gasteiger charge is 2.48. The molecule has 2 aromatic rings. The minimum absolute atomic E-state index is 0.0483. The third-order valence-electron chi connectivity index (χ3n) is 6.94. The van der Waals surface area contributed by atoms with Crippen LogP contribution in [0.3, 0.4) is 0 Å². The van der Waals surface area contributed by atoms with Gasteiger partial charge in [-0.25, -0.2) is 0 Å². The molecule has 4 N–H and O–H groups in total. The van der Waals surface area contributed by atoms with Gasteiger partial charge in [0.25, 0.3) is 0 Å². The highest BCUT2D eigenvalue weighted by molar-refractivity contribution is 5.90. The second-order valence-corrected chi connectivity index (χ2v) is 9.97. The fourth-order valence-corrected chi connectivity index (χ4v) is 4.27. The number of nitrogens with zero attached hydrogens (tertiary/aromatic N) is 2. The van der Waals surface area contributed by atoms with Gasteiger partial charge in [0, 0.05) is 13.5 Å².